The van der Waals surface area contributed by atoms with Crippen molar-refractivity contribution < 1.29 is 56.8 Å². The quantitative estimate of drug-likeness (QED) is 0.0197. The topological polar surface area (TPSA) is 186 Å². The molecule has 370 valence electrons. The zero-order valence-corrected chi connectivity index (χ0v) is 40.5. The highest BCUT2D eigenvalue weighted by atomic mass is 32.2. The largest absolute Gasteiger partial charge is 0.462 e. The third kappa shape index (κ3) is 35.1. The molecule has 12 nitrogen and oxygen atoms in total. The highest BCUT2D eigenvalue weighted by Crippen LogP contribution is 2.24. The monoisotopic (exact) mass is 917 g/mol. The van der Waals surface area contributed by atoms with Crippen molar-refractivity contribution in [3.63, 3.8) is 0 Å². The maximum atomic E-state index is 12.8. The fourth-order valence-corrected chi connectivity index (χ4v) is 8.52. The van der Waals surface area contributed by atoms with Gasteiger partial charge in [0.05, 0.1) is 6.61 Å². The van der Waals surface area contributed by atoms with Crippen molar-refractivity contribution in [3.8, 4) is 0 Å². The first-order valence-corrected chi connectivity index (χ1v) is 27.0. The highest BCUT2D eigenvalue weighted by Gasteiger charge is 2.46. The van der Waals surface area contributed by atoms with Crippen LogP contribution in [-0.2, 0) is 38.7 Å². The van der Waals surface area contributed by atoms with Gasteiger partial charge in [-0.05, 0) is 44.9 Å². The van der Waals surface area contributed by atoms with Crippen LogP contribution in [0.4, 0.5) is 0 Å². The Hall–Kier alpha value is -1.87. The molecule has 2 unspecified atom stereocenters. The van der Waals surface area contributed by atoms with E-state index in [1.54, 1.807) is 0 Å². The third-order valence-electron chi connectivity index (χ3n) is 11.8. The predicted octanol–water partition coefficient (Wildman–Crippen LogP) is 11.2. The van der Waals surface area contributed by atoms with Crippen molar-refractivity contribution in [1.82, 2.24) is 0 Å². The Morgan fingerprint density at radius 2 is 0.952 bits per heavy atom. The van der Waals surface area contributed by atoms with E-state index in [2.05, 4.69) is 38.2 Å². The van der Waals surface area contributed by atoms with Gasteiger partial charge in [-0.25, -0.2) is 0 Å². The number of rotatable bonds is 43. The van der Waals surface area contributed by atoms with Gasteiger partial charge in [-0.3, -0.25) is 14.1 Å². The molecule has 1 rings (SSSR count). The van der Waals surface area contributed by atoms with E-state index in [0.29, 0.717) is 12.8 Å². The maximum Gasteiger partial charge on any atom is 0.306 e. The smallest absolute Gasteiger partial charge is 0.306 e. The molecule has 0 aromatic rings. The lowest BCUT2D eigenvalue weighted by Crippen LogP contribution is -2.60. The molecule has 1 fully saturated rings. The number of aliphatic hydroxyl groups is 3. The molecule has 63 heavy (non-hydrogen) atoms. The normalized spacial score (nSPS) is 19.9. The molecule has 0 amide bonds. The van der Waals surface area contributed by atoms with Crippen LogP contribution in [-0.4, -0.2) is 96.0 Å². The number of unbranched alkanes of at least 4 members (excludes halogenated alkanes) is 27. The van der Waals surface area contributed by atoms with Gasteiger partial charge in [0.25, 0.3) is 10.1 Å². The highest BCUT2D eigenvalue weighted by molar-refractivity contribution is 7.85. The number of allylic oxidation sites excluding steroid dienone is 4. The first-order chi connectivity index (χ1) is 30.5. The minimum atomic E-state index is -4.61. The minimum Gasteiger partial charge on any atom is -0.462 e. The molecule has 6 atom stereocenters. The zero-order valence-electron chi connectivity index (χ0n) is 39.7. The average molecular weight is 917 g/mol. The summed E-state index contributed by atoms with van der Waals surface area (Å²) in [5.41, 5.74) is 0. The van der Waals surface area contributed by atoms with Crippen molar-refractivity contribution in [1.29, 1.82) is 0 Å². The van der Waals surface area contributed by atoms with Crippen molar-refractivity contribution >= 4 is 22.1 Å². The van der Waals surface area contributed by atoms with Gasteiger partial charge in [0.2, 0.25) is 0 Å². The summed E-state index contributed by atoms with van der Waals surface area (Å²) in [5, 5.41) is 30.9. The molecule has 0 aliphatic carbocycles. The molecular weight excluding hydrogens is 825 g/mol. The van der Waals surface area contributed by atoms with E-state index < -0.39 is 71.2 Å². The van der Waals surface area contributed by atoms with Crippen LogP contribution in [0.5, 0.6) is 0 Å². The van der Waals surface area contributed by atoms with Gasteiger partial charge in [0, 0.05) is 12.8 Å². The molecule has 13 heteroatoms. The molecule has 1 aliphatic rings. The number of aliphatic hydroxyl groups excluding tert-OH is 3. The van der Waals surface area contributed by atoms with Gasteiger partial charge in [-0.2, -0.15) is 8.42 Å². The Morgan fingerprint density at radius 3 is 1.43 bits per heavy atom. The van der Waals surface area contributed by atoms with Gasteiger partial charge in [0.1, 0.15) is 36.8 Å². The molecule has 0 radical (unpaired) electrons. The number of carbonyl (C=O) groups excluding carboxylic acids is 2. The minimum absolute atomic E-state index is 0.125. The number of ether oxygens (including phenoxy) is 4. The van der Waals surface area contributed by atoms with Crippen LogP contribution in [0, 0.1) is 0 Å². The SMILES string of the molecule is CCCCCCCC/C=C/C/C=C/CCCCC(=O)O[C@H](COC(=O)CCCCCCCCCCCCCCCCCCCCCC)CO[C@H]1O[C@H](CS(=O)(=O)O)[C@@H](O)C(O)C1O. The van der Waals surface area contributed by atoms with Crippen molar-refractivity contribution in [2.24, 2.45) is 0 Å². The second kappa shape index (κ2) is 40.4. The van der Waals surface area contributed by atoms with Crippen LogP contribution < -0.4 is 0 Å². The summed E-state index contributed by atoms with van der Waals surface area (Å²) in [7, 11) is -4.61. The van der Waals surface area contributed by atoms with Crippen LogP contribution in [0.2, 0.25) is 0 Å². The van der Waals surface area contributed by atoms with Crippen molar-refractivity contribution in [3.05, 3.63) is 24.3 Å². The van der Waals surface area contributed by atoms with Gasteiger partial charge in [0.15, 0.2) is 12.4 Å². The lowest BCUT2D eigenvalue weighted by atomic mass is 10.00. The fraction of sp³-hybridized carbons (Fsp3) is 0.880. The van der Waals surface area contributed by atoms with E-state index in [4.69, 9.17) is 18.9 Å². The Bertz CT molecular complexity index is 1260. The van der Waals surface area contributed by atoms with Crippen molar-refractivity contribution in [2.45, 2.75) is 263 Å². The molecule has 0 bridgehead atoms. The summed E-state index contributed by atoms with van der Waals surface area (Å²) < 4.78 is 54.2. The summed E-state index contributed by atoms with van der Waals surface area (Å²) in [5.74, 6) is -2.01. The summed E-state index contributed by atoms with van der Waals surface area (Å²) in [6.07, 6.45) is 36.6. The standard InChI is InChI=1S/C50H92O12S/c1-3-5-7-9-11-13-15-17-19-20-21-22-23-25-26-28-30-32-34-36-38-45(51)59-40-43(41-60-50-49(55)48(54)47(53)44(62-50)42-63(56,57)58)61-46(52)39-37-35-33-31-29-27-24-18-16-14-12-10-8-6-4-2/h18,24,29,31,43-44,47-50,53-55H,3-17,19-23,25-28,30,32-42H2,1-2H3,(H,56,57,58)/b24-18+,31-29+/t43-,44-,47-,48?,49?,50+/m1/s1. The molecule has 0 saturated carbocycles. The van der Waals surface area contributed by atoms with Gasteiger partial charge in [-0.15, -0.1) is 0 Å². The first-order valence-electron chi connectivity index (χ1n) is 25.4. The van der Waals surface area contributed by atoms with E-state index in [0.717, 1.165) is 44.9 Å². The van der Waals surface area contributed by atoms with Crippen LogP contribution in [0.15, 0.2) is 24.3 Å². The summed E-state index contributed by atoms with van der Waals surface area (Å²) >= 11 is 0. The zero-order chi connectivity index (χ0) is 46.2. The summed E-state index contributed by atoms with van der Waals surface area (Å²) in [6.45, 7) is 3.76. The molecule has 1 heterocycles. The Morgan fingerprint density at radius 1 is 0.540 bits per heavy atom. The van der Waals surface area contributed by atoms with E-state index in [1.807, 2.05) is 0 Å². The molecular formula is C50H92O12S. The summed E-state index contributed by atoms with van der Waals surface area (Å²) in [6, 6.07) is 0. The first kappa shape index (κ1) is 59.1. The van der Waals surface area contributed by atoms with Crippen molar-refractivity contribution in [2.75, 3.05) is 19.0 Å². The fourth-order valence-electron chi connectivity index (χ4n) is 7.83. The van der Waals surface area contributed by atoms with E-state index in [9.17, 15) is 37.9 Å². The molecule has 0 spiro atoms. The van der Waals surface area contributed by atoms with Gasteiger partial charge >= 0.3 is 11.9 Å². The number of hydrogen-bond donors (Lipinski definition) is 4. The van der Waals surface area contributed by atoms with Gasteiger partial charge in [-0.1, -0.05) is 192 Å². The predicted molar refractivity (Wildman–Crippen MR) is 252 cm³/mol. The second-order valence-electron chi connectivity index (χ2n) is 17.8. The molecule has 0 aromatic carbocycles. The van der Waals surface area contributed by atoms with E-state index >= 15 is 0 Å². The average Bonchev–Trinajstić information content (AvgIpc) is 3.25. The number of carbonyl (C=O) groups is 2. The number of esters is 2. The van der Waals surface area contributed by atoms with Gasteiger partial charge < -0.3 is 34.3 Å². The second-order valence-corrected chi connectivity index (χ2v) is 19.3. The molecule has 1 saturated heterocycles. The Balaban J connectivity index is 2.38. The van der Waals surface area contributed by atoms with Crippen LogP contribution in [0.3, 0.4) is 0 Å². The van der Waals surface area contributed by atoms with E-state index in [-0.39, 0.29) is 19.4 Å². The molecule has 0 aromatic heterocycles. The van der Waals surface area contributed by atoms with Crippen LogP contribution >= 0.6 is 0 Å². The van der Waals surface area contributed by atoms with Crippen LogP contribution in [0.1, 0.15) is 226 Å². The Labute approximate surface area is 383 Å². The summed E-state index contributed by atoms with van der Waals surface area (Å²) in [4.78, 5) is 25.5. The lowest BCUT2D eigenvalue weighted by Gasteiger charge is -2.40. The van der Waals surface area contributed by atoms with Crippen LogP contribution in [0.25, 0.3) is 0 Å². The molecule has 4 N–H and O–H groups in total. The third-order valence-corrected chi connectivity index (χ3v) is 12.5. The number of hydrogen-bond acceptors (Lipinski definition) is 11. The molecule has 1 aliphatic heterocycles. The Kier molecular flexibility index (Phi) is 37.9. The lowest BCUT2D eigenvalue weighted by molar-refractivity contribution is -0.297. The van der Waals surface area contributed by atoms with E-state index in [1.165, 1.54) is 141 Å². The maximum absolute atomic E-state index is 12.8.